The van der Waals surface area contributed by atoms with Crippen molar-refractivity contribution in [1.82, 2.24) is 10.6 Å². The minimum Gasteiger partial charge on any atom is -0.374 e. The molecule has 7 nitrogen and oxygen atoms in total. The fourth-order valence-corrected chi connectivity index (χ4v) is 2.28. The van der Waals surface area contributed by atoms with Crippen molar-refractivity contribution in [3.05, 3.63) is 38.3 Å². The first-order valence-electron chi connectivity index (χ1n) is 6.12. The van der Waals surface area contributed by atoms with Crippen LogP contribution in [0, 0.1) is 10.1 Å². The number of morpholine rings is 1. The van der Waals surface area contributed by atoms with Crippen LogP contribution in [0.25, 0.3) is 0 Å². The maximum atomic E-state index is 12.0. The Balaban J connectivity index is 2.00. The molecule has 1 saturated heterocycles. The highest BCUT2D eigenvalue weighted by molar-refractivity contribution is 9.10. The molecule has 1 amide bonds. The average Bonchev–Trinajstić information content (AvgIpc) is 2.46. The van der Waals surface area contributed by atoms with E-state index in [1.54, 1.807) is 0 Å². The minimum atomic E-state index is -0.530. The van der Waals surface area contributed by atoms with Crippen molar-refractivity contribution >= 4 is 27.5 Å². The first-order valence-corrected chi connectivity index (χ1v) is 6.91. The zero-order valence-electron chi connectivity index (χ0n) is 10.6. The van der Waals surface area contributed by atoms with Gasteiger partial charge in [-0.05, 0) is 22.0 Å². The summed E-state index contributed by atoms with van der Waals surface area (Å²) in [6, 6.07) is 4.08. The average molecular weight is 344 g/mol. The molecule has 108 valence electrons. The van der Waals surface area contributed by atoms with Crippen molar-refractivity contribution in [3.63, 3.8) is 0 Å². The molecule has 1 heterocycles. The van der Waals surface area contributed by atoms with Gasteiger partial charge in [0.05, 0.1) is 23.2 Å². The maximum Gasteiger partial charge on any atom is 0.270 e. The van der Waals surface area contributed by atoms with Crippen LogP contribution in [-0.4, -0.2) is 43.2 Å². The van der Waals surface area contributed by atoms with Crippen LogP contribution in [0.4, 0.5) is 5.69 Å². The molecule has 1 atom stereocenters. The highest BCUT2D eigenvalue weighted by atomic mass is 79.9. The summed E-state index contributed by atoms with van der Waals surface area (Å²) >= 11 is 3.22. The van der Waals surface area contributed by atoms with E-state index in [4.69, 9.17) is 4.74 Å². The summed E-state index contributed by atoms with van der Waals surface area (Å²) in [5.74, 6) is -0.366. The fraction of sp³-hybridized carbons (Fsp3) is 0.417. The van der Waals surface area contributed by atoms with Crippen LogP contribution >= 0.6 is 15.9 Å². The van der Waals surface area contributed by atoms with Gasteiger partial charge in [-0.3, -0.25) is 14.9 Å². The van der Waals surface area contributed by atoms with Gasteiger partial charge >= 0.3 is 0 Å². The molecule has 0 radical (unpaired) electrons. The third-order valence-corrected chi connectivity index (χ3v) is 3.59. The van der Waals surface area contributed by atoms with E-state index in [1.165, 1.54) is 18.2 Å². The van der Waals surface area contributed by atoms with Crippen LogP contribution < -0.4 is 10.6 Å². The van der Waals surface area contributed by atoms with E-state index in [1.807, 2.05) is 0 Å². The van der Waals surface area contributed by atoms with Gasteiger partial charge in [-0.2, -0.15) is 0 Å². The van der Waals surface area contributed by atoms with Crippen LogP contribution in [0.3, 0.4) is 0 Å². The van der Waals surface area contributed by atoms with Gasteiger partial charge in [0, 0.05) is 36.2 Å². The number of hydrogen-bond donors (Lipinski definition) is 2. The number of halogens is 1. The minimum absolute atomic E-state index is 0.0785. The number of carbonyl (C=O) groups excluding carboxylic acids is 1. The molecule has 0 aromatic heterocycles. The van der Waals surface area contributed by atoms with Crippen LogP contribution in [-0.2, 0) is 4.74 Å². The Bertz CT molecular complexity index is 517. The van der Waals surface area contributed by atoms with Crippen molar-refractivity contribution in [2.45, 2.75) is 6.10 Å². The quantitative estimate of drug-likeness (QED) is 0.630. The Morgan fingerprint density at radius 1 is 1.60 bits per heavy atom. The van der Waals surface area contributed by atoms with E-state index < -0.39 is 4.92 Å². The van der Waals surface area contributed by atoms with E-state index in [9.17, 15) is 14.9 Å². The summed E-state index contributed by atoms with van der Waals surface area (Å²) in [5.41, 5.74) is 0.122. The number of nitro benzene ring substituents is 1. The van der Waals surface area contributed by atoms with Crippen LogP contribution in [0.1, 0.15) is 10.4 Å². The van der Waals surface area contributed by atoms with Crippen molar-refractivity contribution in [1.29, 1.82) is 0 Å². The number of non-ortho nitro benzene ring substituents is 1. The Hall–Kier alpha value is -1.51. The second-order valence-corrected chi connectivity index (χ2v) is 5.18. The molecule has 1 aromatic carbocycles. The molecule has 0 bridgehead atoms. The van der Waals surface area contributed by atoms with Crippen molar-refractivity contribution in [3.8, 4) is 0 Å². The first kappa shape index (κ1) is 14.9. The molecule has 20 heavy (non-hydrogen) atoms. The Morgan fingerprint density at radius 2 is 2.40 bits per heavy atom. The summed E-state index contributed by atoms with van der Waals surface area (Å²) < 4.78 is 5.98. The predicted molar refractivity (Wildman–Crippen MR) is 75.7 cm³/mol. The molecule has 1 aliphatic heterocycles. The van der Waals surface area contributed by atoms with E-state index in [0.29, 0.717) is 24.2 Å². The molecule has 0 spiro atoms. The van der Waals surface area contributed by atoms with Gasteiger partial charge in [0.2, 0.25) is 0 Å². The molecular weight excluding hydrogens is 330 g/mol. The van der Waals surface area contributed by atoms with Gasteiger partial charge < -0.3 is 15.4 Å². The Labute approximate surface area is 124 Å². The number of nitrogens with zero attached hydrogens (tertiary/aromatic N) is 1. The number of benzene rings is 1. The van der Waals surface area contributed by atoms with Crippen LogP contribution in [0.2, 0.25) is 0 Å². The molecule has 0 aliphatic carbocycles. The molecule has 2 rings (SSSR count). The summed E-state index contributed by atoms with van der Waals surface area (Å²) in [5, 5.41) is 16.6. The number of hydrogen-bond acceptors (Lipinski definition) is 5. The summed E-state index contributed by atoms with van der Waals surface area (Å²) in [6.07, 6.45) is -0.0785. The number of rotatable bonds is 4. The SMILES string of the molecule is O=C(NCC1CNCCO1)c1cc([N+](=O)[O-])ccc1Br. The monoisotopic (exact) mass is 343 g/mol. The van der Waals surface area contributed by atoms with Gasteiger partial charge in [-0.1, -0.05) is 0 Å². The third kappa shape index (κ3) is 3.75. The largest absolute Gasteiger partial charge is 0.374 e. The van der Waals surface area contributed by atoms with Crippen LogP contribution in [0.15, 0.2) is 22.7 Å². The van der Waals surface area contributed by atoms with Gasteiger partial charge in [0.25, 0.3) is 11.6 Å². The summed E-state index contributed by atoms with van der Waals surface area (Å²) in [7, 11) is 0. The van der Waals surface area contributed by atoms with E-state index in [-0.39, 0.29) is 23.3 Å². The lowest BCUT2D eigenvalue weighted by Gasteiger charge is -2.23. The number of nitro groups is 1. The lowest BCUT2D eigenvalue weighted by Crippen LogP contribution is -2.45. The number of nitrogens with one attached hydrogen (secondary N) is 2. The van der Waals surface area contributed by atoms with E-state index >= 15 is 0 Å². The molecule has 1 fully saturated rings. The molecule has 1 aromatic rings. The lowest BCUT2D eigenvalue weighted by atomic mass is 10.2. The van der Waals surface area contributed by atoms with Crippen molar-refractivity contribution in [2.75, 3.05) is 26.2 Å². The Kier molecular flexibility index (Phi) is 5.05. The summed E-state index contributed by atoms with van der Waals surface area (Å²) in [6.45, 7) is 2.46. The second kappa shape index (κ2) is 6.78. The first-order chi connectivity index (χ1) is 9.58. The second-order valence-electron chi connectivity index (χ2n) is 4.33. The molecule has 2 N–H and O–H groups in total. The van der Waals surface area contributed by atoms with Gasteiger partial charge in [0.15, 0.2) is 0 Å². The van der Waals surface area contributed by atoms with Gasteiger partial charge in [-0.25, -0.2) is 0 Å². The lowest BCUT2D eigenvalue weighted by molar-refractivity contribution is -0.384. The molecule has 1 unspecified atom stereocenters. The highest BCUT2D eigenvalue weighted by Gasteiger charge is 2.18. The molecule has 0 saturated carbocycles. The van der Waals surface area contributed by atoms with E-state index in [2.05, 4.69) is 26.6 Å². The predicted octanol–water partition coefficient (Wildman–Crippen LogP) is 1.08. The standard InChI is InChI=1S/C12H14BrN3O4/c13-11-2-1-8(16(18)19)5-10(11)12(17)15-7-9-6-14-3-4-20-9/h1-2,5,9,14H,3-4,6-7H2,(H,15,17). The fourth-order valence-electron chi connectivity index (χ4n) is 1.85. The van der Waals surface area contributed by atoms with Gasteiger partial charge in [-0.15, -0.1) is 0 Å². The molecular formula is C12H14BrN3O4. The van der Waals surface area contributed by atoms with E-state index in [0.717, 1.165) is 6.54 Å². The third-order valence-electron chi connectivity index (χ3n) is 2.90. The molecule has 1 aliphatic rings. The van der Waals surface area contributed by atoms with Gasteiger partial charge in [0.1, 0.15) is 0 Å². The van der Waals surface area contributed by atoms with Crippen LogP contribution in [0.5, 0.6) is 0 Å². The number of ether oxygens (including phenoxy) is 1. The van der Waals surface area contributed by atoms with Crippen molar-refractivity contribution < 1.29 is 14.5 Å². The topological polar surface area (TPSA) is 93.5 Å². The number of carbonyl (C=O) groups is 1. The maximum absolute atomic E-state index is 12.0. The zero-order chi connectivity index (χ0) is 14.5. The normalized spacial score (nSPS) is 18.6. The zero-order valence-corrected chi connectivity index (χ0v) is 12.2. The van der Waals surface area contributed by atoms with Crippen molar-refractivity contribution in [2.24, 2.45) is 0 Å². The molecule has 8 heteroatoms. The smallest absolute Gasteiger partial charge is 0.270 e. The summed E-state index contributed by atoms with van der Waals surface area (Å²) in [4.78, 5) is 22.2. The highest BCUT2D eigenvalue weighted by Crippen LogP contribution is 2.22. The Morgan fingerprint density at radius 3 is 3.05 bits per heavy atom. The number of amides is 1.